The van der Waals surface area contributed by atoms with Gasteiger partial charge in [0.2, 0.25) is 0 Å². The Bertz CT molecular complexity index is 543. The number of aryl methyl sites for hydroxylation is 1. The zero-order valence-corrected chi connectivity index (χ0v) is 13.9. The summed E-state index contributed by atoms with van der Waals surface area (Å²) in [7, 11) is 1.58. The summed E-state index contributed by atoms with van der Waals surface area (Å²) < 4.78 is 10.8. The lowest BCUT2D eigenvalue weighted by molar-refractivity contribution is -0.156. The van der Waals surface area contributed by atoms with Crippen LogP contribution in [0.3, 0.4) is 0 Å². The minimum absolute atomic E-state index is 0.127. The van der Waals surface area contributed by atoms with E-state index in [1.54, 1.807) is 13.2 Å². The fraction of sp³-hybridized carbons (Fsp3) is 0.611. The summed E-state index contributed by atoms with van der Waals surface area (Å²) in [6.45, 7) is 5.67. The maximum absolute atomic E-state index is 12.0. The Hall–Kier alpha value is -1.71. The molecule has 0 saturated heterocycles. The lowest BCUT2D eigenvalue weighted by Crippen LogP contribution is -2.25. The van der Waals surface area contributed by atoms with Gasteiger partial charge in [0.05, 0.1) is 7.11 Å². The number of ether oxygens (including phenoxy) is 2. The predicted molar refractivity (Wildman–Crippen MR) is 85.3 cm³/mol. The average molecular weight is 306 g/mol. The van der Waals surface area contributed by atoms with Crippen LogP contribution < -0.4 is 4.74 Å². The van der Waals surface area contributed by atoms with Crippen LogP contribution in [0.25, 0.3) is 0 Å². The Labute approximate surface area is 132 Å². The molecule has 0 saturated carbocycles. The van der Waals surface area contributed by atoms with E-state index in [0.29, 0.717) is 18.1 Å². The molecule has 1 aliphatic rings. The highest BCUT2D eigenvalue weighted by Gasteiger charge is 2.24. The van der Waals surface area contributed by atoms with Gasteiger partial charge in [0, 0.05) is 12.0 Å². The standard InChI is InChI=1S/C18H26O4/c1-18(2,3)22-16(20)11-12-5-7-13-8-10-15(19)17(21-4)14(13)9-6-12/h8,10,12,19H,5-7,9,11H2,1-4H3. The summed E-state index contributed by atoms with van der Waals surface area (Å²) in [6, 6.07) is 3.65. The maximum Gasteiger partial charge on any atom is 0.306 e. The van der Waals surface area contributed by atoms with E-state index in [1.165, 1.54) is 5.56 Å². The minimum Gasteiger partial charge on any atom is -0.504 e. The number of carbonyl (C=O) groups excluding carboxylic acids is 1. The molecule has 0 aliphatic heterocycles. The summed E-state index contributed by atoms with van der Waals surface area (Å²) in [5.74, 6) is 0.953. The first-order valence-electron chi connectivity index (χ1n) is 7.89. The second kappa shape index (κ2) is 6.59. The number of rotatable bonds is 3. The van der Waals surface area contributed by atoms with E-state index >= 15 is 0 Å². The summed E-state index contributed by atoms with van der Waals surface area (Å²) >= 11 is 0. The molecule has 1 unspecified atom stereocenters. The van der Waals surface area contributed by atoms with Crippen LogP contribution in [-0.2, 0) is 22.4 Å². The summed E-state index contributed by atoms with van der Waals surface area (Å²) in [6.07, 6.45) is 4.05. The third-order valence-electron chi connectivity index (χ3n) is 4.04. The number of benzene rings is 1. The van der Waals surface area contributed by atoms with E-state index in [0.717, 1.165) is 31.2 Å². The highest BCUT2D eigenvalue weighted by atomic mass is 16.6. The van der Waals surface area contributed by atoms with Crippen molar-refractivity contribution in [3.8, 4) is 11.5 Å². The second-order valence-electron chi connectivity index (χ2n) is 6.99. The van der Waals surface area contributed by atoms with Gasteiger partial charge < -0.3 is 14.6 Å². The molecule has 0 spiro atoms. The molecule has 1 aromatic carbocycles. The Balaban J connectivity index is 2.04. The van der Waals surface area contributed by atoms with Crippen LogP contribution in [0, 0.1) is 5.92 Å². The fourth-order valence-corrected chi connectivity index (χ4v) is 3.07. The zero-order valence-electron chi connectivity index (χ0n) is 13.9. The number of hydrogen-bond donors (Lipinski definition) is 1. The first kappa shape index (κ1) is 16.7. The number of hydrogen-bond acceptors (Lipinski definition) is 4. The van der Waals surface area contributed by atoms with Crippen LogP contribution in [0.1, 0.15) is 51.2 Å². The molecular formula is C18H26O4. The molecule has 4 heteroatoms. The van der Waals surface area contributed by atoms with Crippen molar-refractivity contribution >= 4 is 5.97 Å². The highest BCUT2D eigenvalue weighted by molar-refractivity contribution is 5.70. The first-order valence-corrected chi connectivity index (χ1v) is 7.89. The van der Waals surface area contributed by atoms with Crippen molar-refractivity contribution < 1.29 is 19.4 Å². The molecule has 1 atom stereocenters. The van der Waals surface area contributed by atoms with E-state index < -0.39 is 5.60 Å². The number of phenolic OH excluding ortho intramolecular Hbond substituents is 1. The summed E-state index contributed by atoms with van der Waals surface area (Å²) in [4.78, 5) is 12.0. The molecule has 0 fully saturated rings. The van der Waals surface area contributed by atoms with E-state index in [9.17, 15) is 9.90 Å². The lowest BCUT2D eigenvalue weighted by Gasteiger charge is -2.21. The SMILES string of the molecule is COc1c(O)ccc2c1CCC(CC(=O)OC(C)(C)C)CC2. The number of phenols is 1. The van der Waals surface area contributed by atoms with Gasteiger partial charge in [-0.25, -0.2) is 0 Å². The van der Waals surface area contributed by atoms with Crippen LogP contribution in [0.4, 0.5) is 0 Å². The van der Waals surface area contributed by atoms with Gasteiger partial charge >= 0.3 is 5.97 Å². The molecular weight excluding hydrogens is 280 g/mol. The normalized spacial score (nSPS) is 18.3. The number of carbonyl (C=O) groups is 1. The van der Waals surface area contributed by atoms with Crippen LogP contribution in [-0.4, -0.2) is 23.8 Å². The summed E-state index contributed by atoms with van der Waals surface area (Å²) in [5.41, 5.74) is 1.86. The van der Waals surface area contributed by atoms with Gasteiger partial charge in [-0.15, -0.1) is 0 Å². The van der Waals surface area contributed by atoms with Crippen molar-refractivity contribution in [3.05, 3.63) is 23.3 Å². The molecule has 1 N–H and O–H groups in total. The van der Waals surface area contributed by atoms with E-state index in [1.807, 2.05) is 26.8 Å². The smallest absolute Gasteiger partial charge is 0.306 e. The first-order chi connectivity index (χ1) is 10.3. The summed E-state index contributed by atoms with van der Waals surface area (Å²) in [5, 5.41) is 9.90. The maximum atomic E-state index is 12.0. The number of fused-ring (bicyclic) bond motifs is 1. The van der Waals surface area contributed by atoms with E-state index in [-0.39, 0.29) is 11.7 Å². The molecule has 0 heterocycles. The van der Waals surface area contributed by atoms with Crippen molar-refractivity contribution in [1.82, 2.24) is 0 Å². The Morgan fingerprint density at radius 3 is 2.59 bits per heavy atom. The minimum atomic E-state index is -0.431. The third kappa shape index (κ3) is 4.15. The van der Waals surface area contributed by atoms with Crippen LogP contribution in [0.5, 0.6) is 11.5 Å². The van der Waals surface area contributed by atoms with Gasteiger partial charge in [0.1, 0.15) is 5.60 Å². The molecule has 2 rings (SSSR count). The topological polar surface area (TPSA) is 55.8 Å². The van der Waals surface area contributed by atoms with Crippen molar-refractivity contribution in [2.24, 2.45) is 5.92 Å². The van der Waals surface area contributed by atoms with Gasteiger partial charge in [-0.3, -0.25) is 4.79 Å². The second-order valence-corrected chi connectivity index (χ2v) is 6.99. The number of aromatic hydroxyl groups is 1. The molecule has 122 valence electrons. The Kier molecular flexibility index (Phi) is 4.99. The van der Waals surface area contributed by atoms with Crippen molar-refractivity contribution in [2.75, 3.05) is 7.11 Å². The lowest BCUT2D eigenvalue weighted by atomic mass is 9.96. The molecule has 0 radical (unpaired) electrons. The third-order valence-corrected chi connectivity index (χ3v) is 4.04. The largest absolute Gasteiger partial charge is 0.504 e. The van der Waals surface area contributed by atoms with Gasteiger partial charge in [-0.1, -0.05) is 6.07 Å². The molecule has 0 bridgehead atoms. The number of esters is 1. The molecule has 0 amide bonds. The predicted octanol–water partition coefficient (Wildman–Crippen LogP) is 3.63. The van der Waals surface area contributed by atoms with Gasteiger partial charge in [0.25, 0.3) is 0 Å². The average Bonchev–Trinajstić information content (AvgIpc) is 2.59. The van der Waals surface area contributed by atoms with E-state index in [2.05, 4.69) is 0 Å². The Morgan fingerprint density at radius 1 is 1.27 bits per heavy atom. The Morgan fingerprint density at radius 2 is 1.95 bits per heavy atom. The van der Waals surface area contributed by atoms with Crippen molar-refractivity contribution in [3.63, 3.8) is 0 Å². The monoisotopic (exact) mass is 306 g/mol. The van der Waals surface area contributed by atoms with Crippen LogP contribution >= 0.6 is 0 Å². The van der Waals surface area contributed by atoms with Crippen molar-refractivity contribution in [2.45, 2.75) is 58.5 Å². The van der Waals surface area contributed by atoms with Crippen molar-refractivity contribution in [1.29, 1.82) is 0 Å². The van der Waals surface area contributed by atoms with Gasteiger partial charge in [-0.05, 0) is 64.0 Å². The highest BCUT2D eigenvalue weighted by Crippen LogP contribution is 2.37. The molecule has 1 aromatic rings. The van der Waals surface area contributed by atoms with Crippen LogP contribution in [0.2, 0.25) is 0 Å². The van der Waals surface area contributed by atoms with Crippen LogP contribution in [0.15, 0.2) is 12.1 Å². The van der Waals surface area contributed by atoms with E-state index in [4.69, 9.17) is 9.47 Å². The fourth-order valence-electron chi connectivity index (χ4n) is 3.07. The number of methoxy groups -OCH3 is 1. The quantitative estimate of drug-likeness (QED) is 0.684. The van der Waals surface area contributed by atoms with Gasteiger partial charge in [-0.2, -0.15) is 0 Å². The molecule has 4 nitrogen and oxygen atoms in total. The zero-order chi connectivity index (χ0) is 16.3. The van der Waals surface area contributed by atoms with Gasteiger partial charge in [0.15, 0.2) is 11.5 Å². The molecule has 0 aromatic heterocycles. The molecule has 1 aliphatic carbocycles. The molecule has 22 heavy (non-hydrogen) atoms.